The number of benzene rings is 2. The summed E-state index contributed by atoms with van der Waals surface area (Å²) in [7, 11) is 0. The predicted octanol–water partition coefficient (Wildman–Crippen LogP) is 4.44. The molecule has 0 atom stereocenters. The molecule has 1 amide bonds. The lowest BCUT2D eigenvalue weighted by Gasteiger charge is -2.16. The number of halogens is 2. The molecule has 6 heteroatoms. The van der Waals surface area contributed by atoms with Gasteiger partial charge in [-0.1, -0.05) is 48.0 Å². The first-order valence-electron chi connectivity index (χ1n) is 9.16. The van der Waals surface area contributed by atoms with Crippen molar-refractivity contribution in [3.05, 3.63) is 64.7 Å². The van der Waals surface area contributed by atoms with Crippen molar-refractivity contribution in [3.63, 3.8) is 0 Å². The van der Waals surface area contributed by atoms with Gasteiger partial charge in [0.05, 0.1) is 0 Å². The van der Waals surface area contributed by atoms with Gasteiger partial charge in [-0.05, 0) is 31.5 Å². The molecular formula is C21H26Cl2N2O2. The lowest BCUT2D eigenvalue weighted by Crippen LogP contribution is -2.28. The number of hydrogen-bond acceptors (Lipinski definition) is 3. The van der Waals surface area contributed by atoms with Gasteiger partial charge in [0.2, 0.25) is 5.91 Å². The monoisotopic (exact) mass is 408 g/mol. The molecule has 0 bridgehead atoms. The molecule has 0 unspecified atom stereocenters. The number of para-hydroxylation sites is 1. The minimum atomic E-state index is 0. The van der Waals surface area contributed by atoms with Crippen LogP contribution in [0.1, 0.15) is 30.4 Å². The first-order valence-corrected chi connectivity index (χ1v) is 9.54. The SMILES string of the molecule is Cl.O=C1CCCN1CCCNCc1ccccc1OCc1ccccc1Cl. The van der Waals surface area contributed by atoms with Crippen molar-refractivity contribution >= 4 is 29.9 Å². The number of nitrogens with zero attached hydrogens (tertiary/aromatic N) is 1. The van der Waals surface area contributed by atoms with Crippen molar-refractivity contribution in [2.45, 2.75) is 32.4 Å². The van der Waals surface area contributed by atoms with Gasteiger partial charge in [0, 0.05) is 42.2 Å². The van der Waals surface area contributed by atoms with Gasteiger partial charge >= 0.3 is 0 Å². The summed E-state index contributed by atoms with van der Waals surface area (Å²) in [6.07, 6.45) is 2.68. The van der Waals surface area contributed by atoms with E-state index in [0.717, 1.165) is 60.9 Å². The molecule has 2 aromatic carbocycles. The Hall–Kier alpha value is -1.75. The standard InChI is InChI=1S/C21H25ClN2O2.ClH/c22-19-9-3-1-8-18(19)16-26-20-10-4-2-7-17(20)15-23-12-6-14-24-13-5-11-21(24)25;/h1-4,7-10,23H,5-6,11-16H2;1H. The highest BCUT2D eigenvalue weighted by Gasteiger charge is 2.18. The summed E-state index contributed by atoms with van der Waals surface area (Å²) in [6, 6.07) is 15.8. The molecule has 0 aromatic heterocycles. The second-order valence-electron chi connectivity index (χ2n) is 6.50. The highest BCUT2D eigenvalue weighted by Crippen LogP contribution is 2.22. The van der Waals surface area contributed by atoms with Crippen molar-refractivity contribution in [3.8, 4) is 5.75 Å². The van der Waals surface area contributed by atoms with Crippen molar-refractivity contribution < 1.29 is 9.53 Å². The minimum Gasteiger partial charge on any atom is -0.489 e. The molecule has 0 radical (unpaired) electrons. The van der Waals surface area contributed by atoms with Gasteiger partial charge in [0.15, 0.2) is 0 Å². The van der Waals surface area contributed by atoms with E-state index in [0.29, 0.717) is 18.9 Å². The van der Waals surface area contributed by atoms with Gasteiger partial charge in [0.25, 0.3) is 0 Å². The molecule has 0 spiro atoms. The van der Waals surface area contributed by atoms with E-state index in [4.69, 9.17) is 16.3 Å². The lowest BCUT2D eigenvalue weighted by molar-refractivity contribution is -0.127. The first kappa shape index (κ1) is 21.5. The summed E-state index contributed by atoms with van der Waals surface area (Å²) in [5, 5.41) is 4.17. The maximum atomic E-state index is 11.6. The highest BCUT2D eigenvalue weighted by atomic mass is 35.5. The zero-order valence-electron chi connectivity index (χ0n) is 15.3. The zero-order valence-corrected chi connectivity index (χ0v) is 16.9. The van der Waals surface area contributed by atoms with E-state index in [1.807, 2.05) is 47.4 Å². The third kappa shape index (κ3) is 6.42. The molecule has 1 aliphatic rings. The molecule has 0 saturated carbocycles. The van der Waals surface area contributed by atoms with E-state index in [1.165, 1.54) is 0 Å². The quantitative estimate of drug-likeness (QED) is 0.623. The number of hydrogen-bond donors (Lipinski definition) is 1. The summed E-state index contributed by atoms with van der Waals surface area (Å²) < 4.78 is 5.98. The van der Waals surface area contributed by atoms with Crippen LogP contribution in [0, 0.1) is 0 Å². The number of ether oxygens (including phenoxy) is 1. The summed E-state index contributed by atoms with van der Waals surface area (Å²) >= 11 is 6.19. The maximum Gasteiger partial charge on any atom is 0.222 e. The van der Waals surface area contributed by atoms with Crippen LogP contribution in [-0.4, -0.2) is 30.4 Å². The number of likely N-dealkylation sites (tertiary alicyclic amines) is 1. The summed E-state index contributed by atoms with van der Waals surface area (Å²) in [5.41, 5.74) is 2.10. The molecule has 1 saturated heterocycles. The first-order chi connectivity index (χ1) is 12.7. The minimum absolute atomic E-state index is 0. The summed E-state index contributed by atoms with van der Waals surface area (Å²) in [4.78, 5) is 13.6. The lowest BCUT2D eigenvalue weighted by atomic mass is 10.2. The average molecular weight is 409 g/mol. The van der Waals surface area contributed by atoms with Crippen LogP contribution in [0.2, 0.25) is 5.02 Å². The largest absolute Gasteiger partial charge is 0.489 e. The number of nitrogens with one attached hydrogen (secondary N) is 1. The van der Waals surface area contributed by atoms with Crippen LogP contribution >= 0.6 is 24.0 Å². The molecule has 0 aliphatic carbocycles. The molecule has 1 N–H and O–H groups in total. The van der Waals surface area contributed by atoms with Crippen LogP contribution in [0.4, 0.5) is 0 Å². The maximum absolute atomic E-state index is 11.6. The van der Waals surface area contributed by atoms with E-state index in [-0.39, 0.29) is 12.4 Å². The third-order valence-electron chi connectivity index (χ3n) is 4.58. The van der Waals surface area contributed by atoms with Crippen molar-refractivity contribution in [2.24, 2.45) is 0 Å². The fraction of sp³-hybridized carbons (Fsp3) is 0.381. The smallest absolute Gasteiger partial charge is 0.222 e. The number of carbonyl (C=O) groups excluding carboxylic acids is 1. The Bertz CT molecular complexity index is 740. The van der Waals surface area contributed by atoms with E-state index >= 15 is 0 Å². The molecule has 3 rings (SSSR count). The van der Waals surface area contributed by atoms with Crippen LogP contribution in [0.25, 0.3) is 0 Å². The summed E-state index contributed by atoms with van der Waals surface area (Å²) in [5.74, 6) is 1.16. The normalized spacial score (nSPS) is 13.5. The fourth-order valence-corrected chi connectivity index (χ4v) is 3.31. The van der Waals surface area contributed by atoms with E-state index < -0.39 is 0 Å². The Kier molecular flexibility index (Phi) is 8.92. The highest BCUT2D eigenvalue weighted by molar-refractivity contribution is 6.31. The Labute approximate surface area is 172 Å². The number of carbonyl (C=O) groups is 1. The zero-order chi connectivity index (χ0) is 18.2. The van der Waals surface area contributed by atoms with Crippen LogP contribution in [-0.2, 0) is 17.9 Å². The molecule has 1 aliphatic heterocycles. The molecule has 2 aromatic rings. The Morgan fingerprint density at radius 1 is 1.07 bits per heavy atom. The summed E-state index contributed by atoms with van der Waals surface area (Å²) in [6.45, 7) is 3.83. The predicted molar refractivity (Wildman–Crippen MR) is 112 cm³/mol. The van der Waals surface area contributed by atoms with Crippen molar-refractivity contribution in [1.82, 2.24) is 10.2 Å². The Morgan fingerprint density at radius 2 is 1.81 bits per heavy atom. The molecule has 27 heavy (non-hydrogen) atoms. The second kappa shape index (κ2) is 11.2. The molecule has 4 nitrogen and oxygen atoms in total. The molecule has 1 heterocycles. The topological polar surface area (TPSA) is 41.6 Å². The molecule has 1 fully saturated rings. The fourth-order valence-electron chi connectivity index (χ4n) is 3.12. The third-order valence-corrected chi connectivity index (χ3v) is 4.95. The molecular weight excluding hydrogens is 383 g/mol. The Morgan fingerprint density at radius 3 is 2.56 bits per heavy atom. The average Bonchev–Trinajstić information content (AvgIpc) is 3.06. The van der Waals surface area contributed by atoms with Crippen molar-refractivity contribution in [2.75, 3.05) is 19.6 Å². The van der Waals surface area contributed by atoms with Gasteiger partial charge in [-0.15, -0.1) is 12.4 Å². The van der Waals surface area contributed by atoms with Crippen LogP contribution in [0.15, 0.2) is 48.5 Å². The Balaban J connectivity index is 0.00000261. The van der Waals surface area contributed by atoms with Crippen LogP contribution in [0.3, 0.4) is 0 Å². The van der Waals surface area contributed by atoms with Gasteiger partial charge in [-0.2, -0.15) is 0 Å². The van der Waals surface area contributed by atoms with Gasteiger partial charge in [-0.25, -0.2) is 0 Å². The molecule has 146 valence electrons. The van der Waals surface area contributed by atoms with Crippen LogP contribution in [0.5, 0.6) is 5.75 Å². The van der Waals surface area contributed by atoms with Gasteiger partial charge in [0.1, 0.15) is 12.4 Å². The van der Waals surface area contributed by atoms with Crippen LogP contribution < -0.4 is 10.1 Å². The number of amides is 1. The van der Waals surface area contributed by atoms with E-state index in [2.05, 4.69) is 11.4 Å². The van der Waals surface area contributed by atoms with Gasteiger partial charge < -0.3 is 15.0 Å². The van der Waals surface area contributed by atoms with Crippen molar-refractivity contribution in [1.29, 1.82) is 0 Å². The van der Waals surface area contributed by atoms with E-state index in [1.54, 1.807) is 0 Å². The van der Waals surface area contributed by atoms with E-state index in [9.17, 15) is 4.79 Å². The number of rotatable bonds is 9. The second-order valence-corrected chi connectivity index (χ2v) is 6.91. The van der Waals surface area contributed by atoms with Gasteiger partial charge in [-0.3, -0.25) is 4.79 Å².